The summed E-state index contributed by atoms with van der Waals surface area (Å²) >= 11 is 0. The molecule has 0 spiro atoms. The predicted octanol–water partition coefficient (Wildman–Crippen LogP) is 0.497. The van der Waals surface area contributed by atoms with Crippen molar-refractivity contribution in [2.24, 2.45) is 18.9 Å². The van der Waals surface area contributed by atoms with Crippen LogP contribution >= 0.6 is 0 Å². The van der Waals surface area contributed by atoms with Crippen LogP contribution in [0.15, 0.2) is 18.3 Å². The molecule has 16 heavy (non-hydrogen) atoms. The Morgan fingerprint density at radius 3 is 2.94 bits per heavy atom. The lowest BCUT2D eigenvalue weighted by molar-refractivity contribution is -0.126. The standard InChI is InChI=1S/C12H19N3O/c1-9(10-6-13-7-10)12(16)14-8-11-4-3-5-15(11)2/h3-5,9-10,13H,6-8H2,1-2H3,(H,14,16). The molecule has 0 aliphatic carbocycles. The van der Waals surface area contributed by atoms with Gasteiger partial charge in [0.15, 0.2) is 0 Å². The Kier molecular flexibility index (Phi) is 3.29. The summed E-state index contributed by atoms with van der Waals surface area (Å²) in [5.41, 5.74) is 1.13. The van der Waals surface area contributed by atoms with Gasteiger partial charge < -0.3 is 15.2 Å². The summed E-state index contributed by atoms with van der Waals surface area (Å²) in [7, 11) is 1.99. The van der Waals surface area contributed by atoms with Crippen LogP contribution in [0.25, 0.3) is 0 Å². The van der Waals surface area contributed by atoms with Crippen molar-refractivity contribution in [1.29, 1.82) is 0 Å². The van der Waals surface area contributed by atoms with Gasteiger partial charge in [0.25, 0.3) is 0 Å². The number of carbonyl (C=O) groups is 1. The molecular weight excluding hydrogens is 202 g/mol. The second kappa shape index (κ2) is 4.70. The van der Waals surface area contributed by atoms with Crippen LogP contribution in [0.2, 0.25) is 0 Å². The van der Waals surface area contributed by atoms with Crippen LogP contribution in [0.3, 0.4) is 0 Å². The first-order chi connectivity index (χ1) is 7.68. The van der Waals surface area contributed by atoms with Crippen molar-refractivity contribution in [3.05, 3.63) is 24.0 Å². The van der Waals surface area contributed by atoms with E-state index in [9.17, 15) is 4.79 Å². The zero-order valence-electron chi connectivity index (χ0n) is 9.86. The normalized spacial score (nSPS) is 17.9. The molecule has 0 saturated carbocycles. The SMILES string of the molecule is CC(C(=O)NCc1cccn1C)C1CNC1. The van der Waals surface area contributed by atoms with Gasteiger partial charge in [0.2, 0.25) is 5.91 Å². The number of carbonyl (C=O) groups excluding carboxylic acids is 1. The van der Waals surface area contributed by atoms with Gasteiger partial charge in [-0.3, -0.25) is 4.79 Å². The summed E-state index contributed by atoms with van der Waals surface area (Å²) in [6.45, 7) is 4.57. The second-order valence-corrected chi connectivity index (χ2v) is 4.54. The van der Waals surface area contributed by atoms with Gasteiger partial charge in [-0.05, 0) is 31.1 Å². The van der Waals surface area contributed by atoms with Gasteiger partial charge >= 0.3 is 0 Å². The number of aromatic nitrogens is 1. The van der Waals surface area contributed by atoms with Crippen LogP contribution in [0.1, 0.15) is 12.6 Å². The highest BCUT2D eigenvalue weighted by atomic mass is 16.1. The van der Waals surface area contributed by atoms with E-state index in [1.165, 1.54) is 0 Å². The molecule has 0 bridgehead atoms. The van der Waals surface area contributed by atoms with E-state index >= 15 is 0 Å². The molecule has 1 saturated heterocycles. The molecule has 1 amide bonds. The summed E-state index contributed by atoms with van der Waals surface area (Å²) in [4.78, 5) is 11.8. The minimum Gasteiger partial charge on any atom is -0.353 e. The van der Waals surface area contributed by atoms with Gasteiger partial charge in [0, 0.05) is 24.9 Å². The summed E-state index contributed by atoms with van der Waals surface area (Å²) in [5.74, 6) is 0.780. The molecule has 0 radical (unpaired) electrons. The Morgan fingerprint density at radius 2 is 2.44 bits per heavy atom. The van der Waals surface area contributed by atoms with Crippen molar-refractivity contribution in [2.45, 2.75) is 13.5 Å². The third kappa shape index (κ3) is 2.27. The molecule has 0 aromatic carbocycles. The number of amides is 1. The quantitative estimate of drug-likeness (QED) is 0.777. The molecule has 1 aromatic rings. The molecule has 1 aromatic heterocycles. The largest absolute Gasteiger partial charge is 0.353 e. The van der Waals surface area contributed by atoms with Crippen LogP contribution in [0, 0.1) is 11.8 Å². The first-order valence-electron chi connectivity index (χ1n) is 5.77. The van der Waals surface area contributed by atoms with E-state index in [-0.39, 0.29) is 11.8 Å². The summed E-state index contributed by atoms with van der Waals surface area (Å²) in [6, 6.07) is 4.01. The molecular formula is C12H19N3O. The van der Waals surface area contributed by atoms with E-state index in [1.54, 1.807) is 0 Å². The van der Waals surface area contributed by atoms with Gasteiger partial charge in [-0.2, -0.15) is 0 Å². The fraction of sp³-hybridized carbons (Fsp3) is 0.583. The molecule has 2 rings (SSSR count). The lowest BCUT2D eigenvalue weighted by atomic mass is 9.88. The number of aryl methyl sites for hydroxylation is 1. The van der Waals surface area contributed by atoms with Crippen LogP contribution < -0.4 is 10.6 Å². The number of nitrogens with one attached hydrogen (secondary N) is 2. The Hall–Kier alpha value is -1.29. The van der Waals surface area contributed by atoms with Gasteiger partial charge in [0.1, 0.15) is 0 Å². The molecule has 4 heteroatoms. The van der Waals surface area contributed by atoms with Crippen molar-refractivity contribution < 1.29 is 4.79 Å². The fourth-order valence-corrected chi connectivity index (χ4v) is 1.90. The third-order valence-electron chi connectivity index (χ3n) is 3.43. The van der Waals surface area contributed by atoms with Crippen LogP contribution in [-0.2, 0) is 18.4 Å². The Bertz CT molecular complexity index is 368. The Labute approximate surface area is 96.0 Å². The second-order valence-electron chi connectivity index (χ2n) is 4.54. The van der Waals surface area contributed by atoms with Crippen molar-refractivity contribution in [2.75, 3.05) is 13.1 Å². The molecule has 2 N–H and O–H groups in total. The summed E-state index contributed by atoms with van der Waals surface area (Å²) in [6.07, 6.45) is 1.99. The first-order valence-corrected chi connectivity index (χ1v) is 5.77. The monoisotopic (exact) mass is 221 g/mol. The van der Waals surface area contributed by atoms with Crippen LogP contribution in [0.5, 0.6) is 0 Å². The Balaban J connectivity index is 1.81. The number of nitrogens with zero attached hydrogens (tertiary/aromatic N) is 1. The topological polar surface area (TPSA) is 46.1 Å². The van der Waals surface area contributed by atoms with E-state index < -0.39 is 0 Å². The van der Waals surface area contributed by atoms with E-state index in [0.29, 0.717) is 12.5 Å². The number of hydrogen-bond donors (Lipinski definition) is 2. The lowest BCUT2D eigenvalue weighted by Crippen LogP contribution is -2.49. The van der Waals surface area contributed by atoms with Crippen molar-refractivity contribution in [1.82, 2.24) is 15.2 Å². The smallest absolute Gasteiger partial charge is 0.223 e. The number of hydrogen-bond acceptors (Lipinski definition) is 2. The summed E-state index contributed by atoms with van der Waals surface area (Å²) in [5, 5.41) is 6.18. The van der Waals surface area contributed by atoms with Gasteiger partial charge in [0.05, 0.1) is 6.54 Å². The summed E-state index contributed by atoms with van der Waals surface area (Å²) < 4.78 is 2.02. The first kappa shape index (κ1) is 11.2. The van der Waals surface area contributed by atoms with Crippen molar-refractivity contribution in [3.8, 4) is 0 Å². The van der Waals surface area contributed by atoms with E-state index in [2.05, 4.69) is 10.6 Å². The highest BCUT2D eigenvalue weighted by Gasteiger charge is 2.28. The maximum absolute atomic E-state index is 11.8. The molecule has 1 unspecified atom stereocenters. The Morgan fingerprint density at radius 1 is 1.69 bits per heavy atom. The van der Waals surface area contributed by atoms with Crippen molar-refractivity contribution >= 4 is 5.91 Å². The van der Waals surface area contributed by atoms with Gasteiger partial charge in [-0.15, -0.1) is 0 Å². The average molecular weight is 221 g/mol. The van der Waals surface area contributed by atoms with E-state index in [0.717, 1.165) is 18.8 Å². The van der Waals surface area contributed by atoms with Gasteiger partial charge in [-0.25, -0.2) is 0 Å². The zero-order chi connectivity index (χ0) is 11.5. The van der Waals surface area contributed by atoms with Crippen molar-refractivity contribution in [3.63, 3.8) is 0 Å². The fourth-order valence-electron chi connectivity index (χ4n) is 1.90. The predicted molar refractivity (Wildman–Crippen MR) is 62.8 cm³/mol. The highest BCUT2D eigenvalue weighted by Crippen LogP contribution is 2.15. The van der Waals surface area contributed by atoms with Crippen LogP contribution in [-0.4, -0.2) is 23.6 Å². The molecule has 2 heterocycles. The third-order valence-corrected chi connectivity index (χ3v) is 3.43. The van der Waals surface area contributed by atoms with Crippen LogP contribution in [0.4, 0.5) is 0 Å². The van der Waals surface area contributed by atoms with E-state index in [1.807, 2.05) is 36.9 Å². The molecule has 1 fully saturated rings. The van der Waals surface area contributed by atoms with Gasteiger partial charge in [-0.1, -0.05) is 6.92 Å². The molecule has 4 nitrogen and oxygen atoms in total. The molecule has 1 aliphatic heterocycles. The number of rotatable bonds is 4. The average Bonchev–Trinajstić information content (AvgIpc) is 2.57. The molecule has 88 valence electrons. The molecule has 1 atom stereocenters. The maximum atomic E-state index is 11.8. The lowest BCUT2D eigenvalue weighted by Gasteiger charge is -2.31. The highest BCUT2D eigenvalue weighted by molar-refractivity contribution is 5.78. The zero-order valence-corrected chi connectivity index (χ0v) is 9.86. The minimum absolute atomic E-state index is 0.113. The maximum Gasteiger partial charge on any atom is 0.223 e. The molecule has 1 aliphatic rings. The van der Waals surface area contributed by atoms with E-state index in [4.69, 9.17) is 0 Å². The minimum atomic E-state index is 0.113.